The maximum atomic E-state index is 12.3. The largest absolute Gasteiger partial charge is 0.496 e. The molecule has 2 aromatic rings. The molecule has 2 heterocycles. The van der Waals surface area contributed by atoms with Gasteiger partial charge in [-0.05, 0) is 12.1 Å². The number of amides is 1. The van der Waals surface area contributed by atoms with E-state index in [9.17, 15) is 9.59 Å². The molecule has 0 spiro atoms. The maximum Gasteiger partial charge on any atom is 0.407 e. The third-order valence-electron chi connectivity index (χ3n) is 3.70. The first-order valence-electron chi connectivity index (χ1n) is 6.83. The van der Waals surface area contributed by atoms with E-state index in [0.29, 0.717) is 41.4 Å². The third kappa shape index (κ3) is 2.41. The number of hydrogen-bond donors (Lipinski definition) is 2. The van der Waals surface area contributed by atoms with Crippen molar-refractivity contribution in [3.63, 3.8) is 0 Å². The number of H-pyrrole nitrogens is 1. The van der Waals surface area contributed by atoms with Crippen LogP contribution >= 0.6 is 0 Å². The van der Waals surface area contributed by atoms with Gasteiger partial charge in [0, 0.05) is 13.0 Å². The van der Waals surface area contributed by atoms with Crippen LogP contribution in [0.5, 0.6) is 5.75 Å². The molecule has 3 rings (SSSR count). The third-order valence-corrected chi connectivity index (χ3v) is 3.70. The van der Waals surface area contributed by atoms with E-state index in [2.05, 4.69) is 9.97 Å². The second-order valence-electron chi connectivity index (χ2n) is 4.99. The Hall–Kier alpha value is -2.83. The molecule has 2 N–H and O–H groups in total. The average molecular weight is 301 g/mol. The Bertz CT molecular complexity index is 785. The normalized spacial score (nSPS) is 13.6. The monoisotopic (exact) mass is 301 g/mol. The molecule has 0 saturated carbocycles. The summed E-state index contributed by atoms with van der Waals surface area (Å²) in [4.78, 5) is 31.7. The zero-order valence-corrected chi connectivity index (χ0v) is 12.0. The molecule has 1 aromatic heterocycles. The summed E-state index contributed by atoms with van der Waals surface area (Å²) in [5.41, 5.74) is 1.44. The van der Waals surface area contributed by atoms with Gasteiger partial charge in [0.15, 0.2) is 0 Å². The quantitative estimate of drug-likeness (QED) is 0.876. The van der Waals surface area contributed by atoms with Crippen LogP contribution in [0.4, 0.5) is 4.79 Å². The molecule has 0 radical (unpaired) electrons. The molecule has 0 bridgehead atoms. The Morgan fingerprint density at radius 2 is 2.18 bits per heavy atom. The molecule has 1 amide bonds. The summed E-state index contributed by atoms with van der Waals surface area (Å²) in [5, 5.41) is 9.03. The van der Waals surface area contributed by atoms with Crippen molar-refractivity contribution < 1.29 is 14.6 Å². The van der Waals surface area contributed by atoms with Gasteiger partial charge >= 0.3 is 6.09 Å². The van der Waals surface area contributed by atoms with Crippen LogP contribution in [-0.4, -0.2) is 39.7 Å². The van der Waals surface area contributed by atoms with Crippen molar-refractivity contribution in [1.29, 1.82) is 0 Å². The number of ether oxygens (including phenoxy) is 1. The molecule has 7 heteroatoms. The number of aromatic nitrogens is 2. The van der Waals surface area contributed by atoms with E-state index in [4.69, 9.17) is 9.84 Å². The van der Waals surface area contributed by atoms with E-state index >= 15 is 0 Å². The molecule has 7 nitrogen and oxygen atoms in total. The van der Waals surface area contributed by atoms with Gasteiger partial charge in [-0.1, -0.05) is 12.1 Å². The number of fused-ring (bicyclic) bond motifs is 1. The van der Waals surface area contributed by atoms with Crippen molar-refractivity contribution in [2.75, 3.05) is 13.7 Å². The van der Waals surface area contributed by atoms with Crippen molar-refractivity contribution in [3.05, 3.63) is 45.9 Å². The molecule has 1 aliphatic rings. The molecule has 1 aliphatic heterocycles. The van der Waals surface area contributed by atoms with E-state index in [1.54, 1.807) is 13.2 Å². The standard InChI is InChI=1S/C15H15N3O4/c1-22-12-5-3-2-4-9(12)13-16-11-6-7-18(15(20)21)8-10(11)14(19)17-13/h2-5H,6-8H2,1H3,(H,20,21)(H,16,17,19). The van der Waals surface area contributed by atoms with Crippen LogP contribution in [0.2, 0.25) is 0 Å². The molecule has 0 unspecified atom stereocenters. The van der Waals surface area contributed by atoms with Crippen molar-refractivity contribution in [2.45, 2.75) is 13.0 Å². The minimum absolute atomic E-state index is 0.0687. The maximum absolute atomic E-state index is 12.3. The number of hydrogen-bond acceptors (Lipinski definition) is 4. The Kier molecular flexibility index (Phi) is 3.54. The van der Waals surface area contributed by atoms with Gasteiger partial charge in [0.2, 0.25) is 0 Å². The molecular formula is C15H15N3O4. The number of carboxylic acid groups (broad SMARTS) is 1. The number of rotatable bonds is 2. The van der Waals surface area contributed by atoms with Gasteiger partial charge in [0.05, 0.1) is 30.5 Å². The molecule has 0 saturated heterocycles. The van der Waals surface area contributed by atoms with Crippen LogP contribution < -0.4 is 10.3 Å². The number of methoxy groups -OCH3 is 1. The van der Waals surface area contributed by atoms with Crippen molar-refractivity contribution in [1.82, 2.24) is 14.9 Å². The summed E-state index contributed by atoms with van der Waals surface area (Å²) in [5.74, 6) is 1.05. The van der Waals surface area contributed by atoms with Gasteiger partial charge in [0.25, 0.3) is 5.56 Å². The smallest absolute Gasteiger partial charge is 0.407 e. The SMILES string of the molecule is COc1ccccc1-c1nc2c(c(=O)[nH]1)CN(C(=O)O)CC2. The molecule has 0 atom stereocenters. The summed E-state index contributed by atoms with van der Waals surface area (Å²) in [6, 6.07) is 7.28. The fourth-order valence-electron chi connectivity index (χ4n) is 2.56. The highest BCUT2D eigenvalue weighted by atomic mass is 16.5. The molecule has 0 fully saturated rings. The fourth-order valence-corrected chi connectivity index (χ4v) is 2.56. The van der Waals surface area contributed by atoms with Crippen molar-refractivity contribution >= 4 is 6.09 Å². The zero-order chi connectivity index (χ0) is 15.7. The highest BCUT2D eigenvalue weighted by Gasteiger charge is 2.24. The van der Waals surface area contributed by atoms with Gasteiger partial charge in [-0.25, -0.2) is 9.78 Å². The minimum atomic E-state index is -1.03. The fraction of sp³-hybridized carbons (Fsp3) is 0.267. The first-order valence-corrected chi connectivity index (χ1v) is 6.83. The number of nitrogens with zero attached hydrogens (tertiary/aromatic N) is 2. The topological polar surface area (TPSA) is 95.5 Å². The summed E-state index contributed by atoms with van der Waals surface area (Å²) >= 11 is 0. The first-order chi connectivity index (χ1) is 10.6. The summed E-state index contributed by atoms with van der Waals surface area (Å²) in [7, 11) is 1.56. The number of carbonyl (C=O) groups is 1. The highest BCUT2D eigenvalue weighted by Crippen LogP contribution is 2.27. The Morgan fingerprint density at radius 1 is 1.41 bits per heavy atom. The first kappa shape index (κ1) is 14.1. The van der Waals surface area contributed by atoms with Crippen LogP contribution in [0.25, 0.3) is 11.4 Å². The van der Waals surface area contributed by atoms with Crippen LogP contribution in [0, 0.1) is 0 Å². The van der Waals surface area contributed by atoms with E-state index in [1.807, 2.05) is 18.2 Å². The number of aromatic amines is 1. The lowest BCUT2D eigenvalue weighted by Gasteiger charge is -2.25. The molecule has 1 aromatic carbocycles. The van der Waals surface area contributed by atoms with Gasteiger partial charge < -0.3 is 19.7 Å². The second kappa shape index (κ2) is 5.51. The lowest BCUT2D eigenvalue weighted by atomic mass is 10.1. The van der Waals surface area contributed by atoms with Gasteiger partial charge in [-0.3, -0.25) is 4.79 Å². The number of benzene rings is 1. The molecular weight excluding hydrogens is 286 g/mol. The zero-order valence-electron chi connectivity index (χ0n) is 12.0. The van der Waals surface area contributed by atoms with E-state index in [0.717, 1.165) is 0 Å². The Morgan fingerprint density at radius 3 is 2.91 bits per heavy atom. The predicted octanol–water partition coefficient (Wildman–Crippen LogP) is 1.48. The lowest BCUT2D eigenvalue weighted by Crippen LogP contribution is -2.38. The second-order valence-corrected chi connectivity index (χ2v) is 4.99. The van der Waals surface area contributed by atoms with E-state index < -0.39 is 6.09 Å². The van der Waals surface area contributed by atoms with E-state index in [1.165, 1.54) is 4.90 Å². The average Bonchev–Trinajstić information content (AvgIpc) is 2.54. The number of para-hydroxylation sites is 1. The van der Waals surface area contributed by atoms with Crippen LogP contribution in [0.15, 0.2) is 29.1 Å². The molecule has 0 aliphatic carbocycles. The Balaban J connectivity index is 2.06. The molecule has 22 heavy (non-hydrogen) atoms. The highest BCUT2D eigenvalue weighted by molar-refractivity contribution is 5.66. The van der Waals surface area contributed by atoms with Crippen LogP contribution in [0.1, 0.15) is 11.3 Å². The summed E-state index contributed by atoms with van der Waals surface area (Å²) < 4.78 is 5.28. The van der Waals surface area contributed by atoms with Crippen molar-refractivity contribution in [2.24, 2.45) is 0 Å². The molecule has 114 valence electrons. The summed E-state index contributed by atoms with van der Waals surface area (Å²) in [6.45, 7) is 0.406. The Labute approximate surface area is 126 Å². The van der Waals surface area contributed by atoms with Gasteiger partial charge in [-0.2, -0.15) is 0 Å². The van der Waals surface area contributed by atoms with Crippen LogP contribution in [-0.2, 0) is 13.0 Å². The van der Waals surface area contributed by atoms with Gasteiger partial charge in [0.1, 0.15) is 11.6 Å². The number of nitrogens with one attached hydrogen (secondary N) is 1. The minimum Gasteiger partial charge on any atom is -0.496 e. The summed E-state index contributed by atoms with van der Waals surface area (Å²) in [6.07, 6.45) is -0.605. The van der Waals surface area contributed by atoms with E-state index in [-0.39, 0.29) is 12.1 Å². The van der Waals surface area contributed by atoms with Gasteiger partial charge in [-0.15, -0.1) is 0 Å². The van der Waals surface area contributed by atoms with Crippen LogP contribution in [0.3, 0.4) is 0 Å². The predicted molar refractivity (Wildman–Crippen MR) is 79.0 cm³/mol. The van der Waals surface area contributed by atoms with Crippen molar-refractivity contribution in [3.8, 4) is 17.1 Å². The lowest BCUT2D eigenvalue weighted by molar-refractivity contribution is 0.139.